The molecule has 4 heterocycles. The van der Waals surface area contributed by atoms with Crippen LogP contribution >= 0.6 is 23.2 Å². The fraction of sp³-hybridized carbons (Fsp3) is 0.512. The van der Waals surface area contributed by atoms with Crippen molar-refractivity contribution in [2.45, 2.75) is 96.2 Å². The fourth-order valence-corrected chi connectivity index (χ4v) is 10.1. The van der Waals surface area contributed by atoms with Gasteiger partial charge in [-0.15, -0.1) is 0 Å². The van der Waals surface area contributed by atoms with Gasteiger partial charge >= 0.3 is 5.97 Å². The summed E-state index contributed by atoms with van der Waals surface area (Å²) in [5.41, 5.74) is 6.12. The molecule has 57 heavy (non-hydrogen) atoms. The summed E-state index contributed by atoms with van der Waals surface area (Å²) in [4.78, 5) is 53.3. The van der Waals surface area contributed by atoms with Gasteiger partial charge in [0.05, 0.1) is 38.7 Å². The number of hydrogen-bond donors (Lipinski definition) is 3. The lowest BCUT2D eigenvalue weighted by atomic mass is 9.80. The van der Waals surface area contributed by atoms with E-state index in [9.17, 15) is 19.5 Å². The minimum atomic E-state index is -0.668. The molecule has 0 bridgehead atoms. The number of anilines is 2. The summed E-state index contributed by atoms with van der Waals surface area (Å²) < 4.78 is 3.79. The van der Waals surface area contributed by atoms with Gasteiger partial charge in [-0.05, 0) is 69.5 Å². The Morgan fingerprint density at radius 2 is 1.28 bits per heavy atom. The third-order valence-electron chi connectivity index (χ3n) is 13.0. The van der Waals surface area contributed by atoms with Crippen molar-refractivity contribution >= 4 is 52.4 Å². The van der Waals surface area contributed by atoms with Crippen LogP contribution in [0.15, 0.2) is 36.4 Å². The first-order valence-corrected chi connectivity index (χ1v) is 21.3. The first-order valence-electron chi connectivity index (χ1n) is 20.5. The molecule has 2 fully saturated rings. The summed E-state index contributed by atoms with van der Waals surface area (Å²) in [5, 5.41) is 16.0. The molecule has 0 saturated heterocycles. The topological polar surface area (TPSA) is 138 Å². The Bertz CT molecular complexity index is 2170. The first-order chi connectivity index (χ1) is 27.5. The third-order valence-corrected chi connectivity index (χ3v) is 13.8. The molecule has 4 aromatic rings. The van der Waals surface area contributed by atoms with E-state index in [0.717, 1.165) is 93.9 Å². The second-order valence-electron chi connectivity index (χ2n) is 16.4. The lowest BCUT2D eigenvalue weighted by Crippen LogP contribution is -2.40. The second-order valence-corrected chi connectivity index (χ2v) is 17.2. The Balaban J connectivity index is 0.921. The van der Waals surface area contributed by atoms with Gasteiger partial charge in [0.25, 0.3) is 11.8 Å². The zero-order chi connectivity index (χ0) is 39.8. The standard InChI is InChI=1S/C43H52Cl2N8O4/c1-50-35-19-22-52(21-18-26-14-16-27(17-15-26)43(56)57)24-33(35)46-39(50)41(54)48-31-12-6-10-29(37(31)44)30-11-7-13-32(38(30)45)49-42(55)40-47-34-25-53(23-20-36(34)51(40)2)28-8-4-3-5-9-28/h6-7,10-13,26-28H,3-5,8-9,14-25H2,1-2H3,(H,48,54)(H,49,55)(H,56,57). The number of aliphatic carboxylic acids is 1. The molecule has 8 rings (SSSR count). The molecule has 0 radical (unpaired) electrons. The molecule has 12 nitrogen and oxygen atoms in total. The van der Waals surface area contributed by atoms with Crippen molar-refractivity contribution in [2.75, 3.05) is 30.3 Å². The van der Waals surface area contributed by atoms with Gasteiger partial charge in [0.2, 0.25) is 0 Å². The van der Waals surface area contributed by atoms with E-state index < -0.39 is 5.97 Å². The van der Waals surface area contributed by atoms with Crippen LogP contribution in [0, 0.1) is 11.8 Å². The highest BCUT2D eigenvalue weighted by Gasteiger charge is 2.31. The Hall–Kier alpha value is -4.23. The zero-order valence-electron chi connectivity index (χ0n) is 32.8. The second kappa shape index (κ2) is 16.9. The van der Waals surface area contributed by atoms with Crippen LogP contribution in [0.4, 0.5) is 11.4 Å². The van der Waals surface area contributed by atoms with Gasteiger partial charge < -0.3 is 24.9 Å². The number of aromatic nitrogens is 4. The number of fused-ring (bicyclic) bond motifs is 2. The van der Waals surface area contributed by atoms with Gasteiger partial charge in [-0.3, -0.25) is 24.2 Å². The summed E-state index contributed by atoms with van der Waals surface area (Å²) in [7, 11) is 3.78. The van der Waals surface area contributed by atoms with E-state index in [-0.39, 0.29) is 17.7 Å². The number of rotatable bonds is 10. The highest BCUT2D eigenvalue weighted by Crippen LogP contribution is 2.41. The zero-order valence-corrected chi connectivity index (χ0v) is 34.3. The summed E-state index contributed by atoms with van der Waals surface area (Å²) in [6, 6.07) is 11.4. The number of amides is 2. The van der Waals surface area contributed by atoms with Crippen LogP contribution in [0.1, 0.15) is 108 Å². The maximum atomic E-state index is 13.7. The predicted octanol–water partition coefficient (Wildman–Crippen LogP) is 7.96. The van der Waals surface area contributed by atoms with Crippen molar-refractivity contribution in [1.82, 2.24) is 28.9 Å². The number of carboxylic acid groups (broad SMARTS) is 1. The van der Waals surface area contributed by atoms with E-state index in [2.05, 4.69) is 20.4 Å². The highest BCUT2D eigenvalue weighted by molar-refractivity contribution is 6.40. The Labute approximate surface area is 343 Å². The molecule has 2 aliphatic heterocycles. The molecule has 0 unspecified atom stereocenters. The van der Waals surface area contributed by atoms with Crippen molar-refractivity contribution in [2.24, 2.45) is 25.9 Å². The van der Waals surface area contributed by atoms with E-state index in [1.54, 1.807) is 12.1 Å². The number of carboxylic acids is 1. The minimum absolute atomic E-state index is 0.196. The lowest BCUT2D eigenvalue weighted by molar-refractivity contribution is -0.143. The van der Waals surface area contributed by atoms with E-state index in [0.29, 0.717) is 62.7 Å². The average Bonchev–Trinajstić information content (AvgIpc) is 3.74. The predicted molar refractivity (Wildman–Crippen MR) is 222 cm³/mol. The number of nitrogens with zero attached hydrogens (tertiary/aromatic N) is 6. The molecule has 14 heteroatoms. The van der Waals surface area contributed by atoms with E-state index >= 15 is 0 Å². The molecule has 2 aromatic heterocycles. The maximum absolute atomic E-state index is 13.7. The summed E-state index contributed by atoms with van der Waals surface area (Å²) in [5.74, 6) is -0.330. The van der Waals surface area contributed by atoms with Crippen LogP contribution < -0.4 is 10.6 Å². The molecule has 3 N–H and O–H groups in total. The normalized spacial score (nSPS) is 20.5. The minimum Gasteiger partial charge on any atom is -0.481 e. The highest BCUT2D eigenvalue weighted by atomic mass is 35.5. The molecule has 2 amide bonds. The monoisotopic (exact) mass is 814 g/mol. The molecule has 0 spiro atoms. The van der Waals surface area contributed by atoms with Crippen LogP contribution in [-0.2, 0) is 44.8 Å². The number of halogens is 2. The number of nitrogens with one attached hydrogen (secondary N) is 2. The van der Waals surface area contributed by atoms with E-state index in [4.69, 9.17) is 33.2 Å². The van der Waals surface area contributed by atoms with Crippen molar-refractivity contribution in [1.29, 1.82) is 0 Å². The van der Waals surface area contributed by atoms with Gasteiger partial charge in [0.1, 0.15) is 0 Å². The third kappa shape index (κ3) is 8.24. The Kier molecular flexibility index (Phi) is 11.8. The molecule has 2 saturated carbocycles. The maximum Gasteiger partial charge on any atom is 0.306 e. The van der Waals surface area contributed by atoms with Crippen LogP contribution in [0.5, 0.6) is 0 Å². The van der Waals surface area contributed by atoms with Crippen molar-refractivity contribution in [3.8, 4) is 11.1 Å². The molecule has 302 valence electrons. The number of carbonyl (C=O) groups is 3. The summed E-state index contributed by atoms with van der Waals surface area (Å²) in [6.45, 7) is 4.24. The summed E-state index contributed by atoms with van der Waals surface area (Å²) >= 11 is 14.0. The largest absolute Gasteiger partial charge is 0.481 e. The molecule has 0 atom stereocenters. The van der Waals surface area contributed by atoms with Gasteiger partial charge in [-0.25, -0.2) is 9.97 Å². The number of benzene rings is 2. The molecule has 2 aliphatic carbocycles. The Morgan fingerprint density at radius 1 is 0.737 bits per heavy atom. The van der Waals surface area contributed by atoms with Crippen LogP contribution in [0.2, 0.25) is 10.0 Å². The van der Waals surface area contributed by atoms with Gasteiger partial charge in [-0.1, -0.05) is 66.7 Å². The van der Waals surface area contributed by atoms with Crippen LogP contribution in [0.25, 0.3) is 11.1 Å². The molecular weight excluding hydrogens is 763 g/mol. The van der Waals surface area contributed by atoms with Crippen molar-refractivity contribution < 1.29 is 19.5 Å². The number of hydrogen-bond acceptors (Lipinski definition) is 7. The van der Waals surface area contributed by atoms with E-state index in [1.807, 2.05) is 47.5 Å². The van der Waals surface area contributed by atoms with Crippen molar-refractivity contribution in [3.05, 3.63) is 80.9 Å². The smallest absolute Gasteiger partial charge is 0.306 e. The average molecular weight is 816 g/mol. The number of carbonyl (C=O) groups excluding carboxylic acids is 2. The van der Waals surface area contributed by atoms with Crippen molar-refractivity contribution in [3.63, 3.8) is 0 Å². The lowest BCUT2D eigenvalue weighted by Gasteiger charge is -2.36. The Morgan fingerprint density at radius 3 is 1.84 bits per heavy atom. The molecule has 2 aromatic carbocycles. The first kappa shape index (κ1) is 39.6. The number of imidazole rings is 2. The summed E-state index contributed by atoms with van der Waals surface area (Å²) in [6.07, 6.45) is 12.5. The van der Waals surface area contributed by atoms with Crippen LogP contribution in [-0.4, -0.2) is 77.5 Å². The SMILES string of the molecule is Cn1c(C(=O)Nc2cccc(-c3cccc(NC(=O)c4nc5c(n4C)CCN(C4CCCCC4)C5)c3Cl)c2Cl)nc2c1CCN(CCC1CCC(C(=O)O)CC1)C2. The van der Waals surface area contributed by atoms with Gasteiger partial charge in [0.15, 0.2) is 11.6 Å². The quantitative estimate of drug-likeness (QED) is 0.147. The molecule has 4 aliphatic rings. The van der Waals surface area contributed by atoms with E-state index in [1.165, 1.54) is 32.1 Å². The van der Waals surface area contributed by atoms with Gasteiger partial charge in [-0.2, -0.15) is 0 Å². The fourth-order valence-electron chi connectivity index (χ4n) is 9.58. The van der Waals surface area contributed by atoms with Gasteiger partial charge in [0, 0.05) is 81.7 Å². The van der Waals surface area contributed by atoms with Crippen LogP contribution in [0.3, 0.4) is 0 Å². The molecular formula is C43H52Cl2N8O4.